The van der Waals surface area contributed by atoms with Gasteiger partial charge in [-0.15, -0.1) is 0 Å². The molecule has 2 unspecified atom stereocenters. The van der Waals surface area contributed by atoms with E-state index < -0.39 is 24.3 Å². The lowest BCUT2D eigenvalue weighted by atomic mass is 10.0. The molecular weight excluding hydrogens is 827 g/mol. The summed E-state index contributed by atoms with van der Waals surface area (Å²) in [5.41, 5.74) is 0. The van der Waals surface area contributed by atoms with Gasteiger partial charge in [0, 0.05) is 12.8 Å². The summed E-state index contributed by atoms with van der Waals surface area (Å²) in [6.07, 6.45) is 53.0. The van der Waals surface area contributed by atoms with E-state index >= 15 is 0 Å². The normalized spacial score (nSPS) is 12.8. The van der Waals surface area contributed by atoms with Crippen molar-refractivity contribution in [2.45, 2.75) is 289 Å². The Kier molecular flexibility index (Phi) is 48.0. The fourth-order valence-electron chi connectivity index (χ4n) is 8.36. The highest BCUT2D eigenvalue weighted by atomic mass is 16.7. The maximum Gasteiger partial charge on any atom is 0.306 e. The van der Waals surface area contributed by atoms with Gasteiger partial charge in [0.1, 0.15) is 13.2 Å². The number of aliphatic carboxylic acids is 1. The van der Waals surface area contributed by atoms with E-state index in [1.54, 1.807) is 0 Å². The molecule has 0 saturated carbocycles. The predicted octanol–water partition coefficient (Wildman–Crippen LogP) is 14.8. The fraction of sp³-hybridized carbons (Fsp3) is 0.912. The van der Waals surface area contributed by atoms with Crippen molar-refractivity contribution in [3.63, 3.8) is 0 Å². The molecule has 2 atom stereocenters. The Labute approximate surface area is 408 Å². The molecule has 390 valence electrons. The number of carbonyl (C=O) groups excluding carboxylic acids is 3. The van der Waals surface area contributed by atoms with Crippen LogP contribution in [0.3, 0.4) is 0 Å². The number of unbranched alkanes of at least 4 members (excludes halogenated alkanes) is 36. The smallest absolute Gasteiger partial charge is 0.306 e. The van der Waals surface area contributed by atoms with Gasteiger partial charge >= 0.3 is 11.9 Å². The van der Waals surface area contributed by atoms with E-state index in [2.05, 4.69) is 26.0 Å². The third kappa shape index (κ3) is 49.9. The molecule has 0 aliphatic rings. The second-order valence-corrected chi connectivity index (χ2v) is 20.6. The van der Waals surface area contributed by atoms with E-state index in [4.69, 9.17) is 18.9 Å². The molecule has 0 aliphatic heterocycles. The quantitative estimate of drug-likeness (QED) is 0.0195. The van der Waals surface area contributed by atoms with E-state index in [-0.39, 0.29) is 32.2 Å². The van der Waals surface area contributed by atoms with E-state index in [1.165, 1.54) is 212 Å². The molecule has 0 aliphatic carbocycles. The Morgan fingerprint density at radius 1 is 0.439 bits per heavy atom. The summed E-state index contributed by atoms with van der Waals surface area (Å²) in [5, 5.41) is 11.7. The molecule has 0 aromatic heterocycles. The summed E-state index contributed by atoms with van der Waals surface area (Å²) < 4.78 is 22.6. The third-order valence-electron chi connectivity index (χ3n) is 12.8. The van der Waals surface area contributed by atoms with Crippen LogP contribution in [0.25, 0.3) is 0 Å². The number of carbonyl (C=O) groups is 3. The van der Waals surface area contributed by atoms with Gasteiger partial charge in [-0.2, -0.15) is 0 Å². The molecular formula is C57H109NO8. The van der Waals surface area contributed by atoms with Crippen molar-refractivity contribution in [3.8, 4) is 0 Å². The lowest BCUT2D eigenvalue weighted by Crippen LogP contribution is -2.44. The first-order valence-electron chi connectivity index (χ1n) is 28.3. The van der Waals surface area contributed by atoms with Gasteiger partial charge in [0.15, 0.2) is 12.4 Å². The monoisotopic (exact) mass is 936 g/mol. The summed E-state index contributed by atoms with van der Waals surface area (Å²) in [6.45, 7) is 4.74. The molecule has 0 amide bonds. The molecule has 9 nitrogen and oxygen atoms in total. The highest BCUT2D eigenvalue weighted by Gasteiger charge is 2.22. The van der Waals surface area contributed by atoms with Crippen LogP contribution in [0, 0.1) is 0 Å². The van der Waals surface area contributed by atoms with E-state index in [9.17, 15) is 19.5 Å². The highest BCUT2D eigenvalue weighted by Crippen LogP contribution is 2.17. The van der Waals surface area contributed by atoms with Crippen molar-refractivity contribution < 1.29 is 42.9 Å². The van der Waals surface area contributed by atoms with Crippen molar-refractivity contribution in [1.82, 2.24) is 0 Å². The first-order chi connectivity index (χ1) is 32.1. The zero-order valence-electron chi connectivity index (χ0n) is 44.3. The molecule has 0 saturated heterocycles. The Hall–Kier alpha value is -1.97. The van der Waals surface area contributed by atoms with Crippen LogP contribution < -0.4 is 5.11 Å². The van der Waals surface area contributed by atoms with Gasteiger partial charge in [-0.05, 0) is 38.5 Å². The van der Waals surface area contributed by atoms with Crippen LogP contribution >= 0.6 is 0 Å². The van der Waals surface area contributed by atoms with Crippen LogP contribution in [-0.4, -0.2) is 82.3 Å². The van der Waals surface area contributed by atoms with Crippen molar-refractivity contribution in [1.29, 1.82) is 0 Å². The predicted molar refractivity (Wildman–Crippen MR) is 274 cm³/mol. The summed E-state index contributed by atoms with van der Waals surface area (Å²) in [5.74, 6) is -2.27. The number of hydrogen-bond acceptors (Lipinski definition) is 8. The largest absolute Gasteiger partial charge is 0.545 e. The number of esters is 2. The van der Waals surface area contributed by atoms with Crippen LogP contribution in [-0.2, 0) is 33.3 Å². The summed E-state index contributed by atoms with van der Waals surface area (Å²) in [7, 11) is 5.92. The molecule has 0 rings (SSSR count). The van der Waals surface area contributed by atoms with Gasteiger partial charge in [-0.25, -0.2) is 0 Å². The van der Waals surface area contributed by atoms with Crippen LogP contribution in [0.15, 0.2) is 12.2 Å². The lowest BCUT2D eigenvalue weighted by molar-refractivity contribution is -0.870. The molecule has 0 heterocycles. The van der Waals surface area contributed by atoms with Crippen molar-refractivity contribution in [2.24, 2.45) is 0 Å². The van der Waals surface area contributed by atoms with Crippen LogP contribution in [0.4, 0.5) is 0 Å². The molecule has 0 fully saturated rings. The van der Waals surface area contributed by atoms with Gasteiger partial charge in [0.2, 0.25) is 0 Å². The van der Waals surface area contributed by atoms with Gasteiger partial charge in [0.25, 0.3) is 0 Å². The zero-order valence-corrected chi connectivity index (χ0v) is 44.3. The summed E-state index contributed by atoms with van der Waals surface area (Å²) >= 11 is 0. The molecule has 0 bridgehead atoms. The number of rotatable bonds is 53. The fourth-order valence-corrected chi connectivity index (χ4v) is 8.36. The Morgan fingerprint density at radius 2 is 0.773 bits per heavy atom. The molecule has 0 spiro atoms. The number of likely N-dealkylation sites (N-methyl/N-ethyl adjacent to an activating group) is 1. The maximum atomic E-state index is 12.8. The number of quaternary nitrogens is 1. The number of nitrogens with zero attached hydrogens (tertiary/aromatic N) is 1. The minimum atomic E-state index is -1.61. The van der Waals surface area contributed by atoms with Crippen LogP contribution in [0.2, 0.25) is 0 Å². The first-order valence-corrected chi connectivity index (χ1v) is 28.3. The molecule has 0 aromatic rings. The third-order valence-corrected chi connectivity index (χ3v) is 12.8. The molecule has 9 heteroatoms. The Balaban J connectivity index is 3.93. The molecule has 0 aromatic carbocycles. The number of allylic oxidation sites excluding steroid dienone is 2. The topological polar surface area (TPSA) is 111 Å². The number of carboxylic acid groups (broad SMARTS) is 1. The number of ether oxygens (including phenoxy) is 4. The van der Waals surface area contributed by atoms with Crippen molar-refractivity contribution in [2.75, 3.05) is 47.5 Å². The minimum absolute atomic E-state index is 0.152. The van der Waals surface area contributed by atoms with Gasteiger partial charge < -0.3 is 33.3 Å². The van der Waals surface area contributed by atoms with E-state index in [0.29, 0.717) is 17.4 Å². The summed E-state index contributed by atoms with van der Waals surface area (Å²) in [4.78, 5) is 37.0. The molecule has 0 N–H and O–H groups in total. The van der Waals surface area contributed by atoms with Crippen molar-refractivity contribution >= 4 is 17.9 Å². The average Bonchev–Trinajstić information content (AvgIpc) is 3.28. The Morgan fingerprint density at radius 3 is 1.12 bits per heavy atom. The second kappa shape index (κ2) is 49.5. The van der Waals surface area contributed by atoms with E-state index in [1.807, 2.05) is 21.1 Å². The number of hydrogen-bond donors (Lipinski definition) is 0. The van der Waals surface area contributed by atoms with Gasteiger partial charge in [-0.1, -0.05) is 238 Å². The minimum Gasteiger partial charge on any atom is -0.545 e. The van der Waals surface area contributed by atoms with Gasteiger partial charge in [-0.3, -0.25) is 9.59 Å². The maximum absolute atomic E-state index is 12.8. The highest BCUT2D eigenvalue weighted by molar-refractivity contribution is 5.70. The standard InChI is InChI=1S/C57H109NO8/c1-6-8-10-12-14-16-17-18-19-20-21-22-23-24-25-26-27-28-29-30-31-32-33-34-35-36-37-38-39-40-42-44-46-48-55(60)66-53(52-65-57(56(61)62)63-50-49-58(3,4)5)51-64-54(59)47-45-43-41-15-13-11-9-7-2/h20-21,53,57H,6-19,22-52H2,1-5H3/b21-20-. The van der Waals surface area contributed by atoms with Gasteiger partial charge in [0.05, 0.1) is 40.3 Å². The first kappa shape index (κ1) is 64.0. The Bertz CT molecular complexity index is 1090. The molecule has 0 radical (unpaired) electrons. The van der Waals surface area contributed by atoms with Crippen LogP contribution in [0.5, 0.6) is 0 Å². The SMILES string of the molecule is CCCCCCCCCC/C=C\CCCCCCCCCCCCCCCCCCCCCCCC(=O)OC(COC(=O)CCCCCCCCCC)COC(OCC[N+](C)(C)C)C(=O)[O-]. The van der Waals surface area contributed by atoms with Crippen molar-refractivity contribution in [3.05, 3.63) is 12.2 Å². The lowest BCUT2D eigenvalue weighted by Gasteiger charge is -2.26. The van der Waals surface area contributed by atoms with E-state index in [0.717, 1.165) is 38.5 Å². The summed E-state index contributed by atoms with van der Waals surface area (Å²) in [6, 6.07) is 0. The van der Waals surface area contributed by atoms with Crippen LogP contribution in [0.1, 0.15) is 277 Å². The second-order valence-electron chi connectivity index (χ2n) is 20.6. The number of carboxylic acids is 1. The molecule has 66 heavy (non-hydrogen) atoms. The average molecular weight is 936 g/mol. The zero-order chi connectivity index (χ0) is 48.4.